The van der Waals surface area contributed by atoms with Gasteiger partial charge in [0.05, 0.1) is 10.8 Å². The predicted octanol–water partition coefficient (Wildman–Crippen LogP) is 4.14. The Hall–Kier alpha value is -2.93. The molecular weight excluding hydrogens is 334 g/mol. The van der Waals surface area contributed by atoms with E-state index in [0.29, 0.717) is 16.1 Å². The van der Waals surface area contributed by atoms with Crippen molar-refractivity contribution in [3.8, 4) is 0 Å². The average molecular weight is 346 g/mol. The number of nitro groups is 2. The highest BCUT2D eigenvalue weighted by Crippen LogP contribution is 2.36. The normalized spacial score (nSPS) is 12.2. The van der Waals surface area contributed by atoms with Gasteiger partial charge in [0.15, 0.2) is 0 Å². The minimum absolute atomic E-state index is 0.132. The highest BCUT2D eigenvalue weighted by Gasteiger charge is 2.29. The quantitative estimate of drug-likeness (QED) is 0.554. The van der Waals surface area contributed by atoms with Crippen molar-refractivity contribution in [3.05, 3.63) is 85.0 Å². The third kappa shape index (κ3) is 2.93. The monoisotopic (exact) mass is 345 g/mol. The summed E-state index contributed by atoms with van der Waals surface area (Å²) in [6, 6.07) is 11.2. The van der Waals surface area contributed by atoms with Crippen molar-refractivity contribution in [2.75, 3.05) is 6.54 Å². The maximum absolute atomic E-state index is 11.3. The van der Waals surface area contributed by atoms with Crippen LogP contribution in [0.15, 0.2) is 48.7 Å². The molecule has 0 aliphatic heterocycles. The molecule has 0 amide bonds. The fourth-order valence-corrected chi connectivity index (χ4v) is 3.04. The summed E-state index contributed by atoms with van der Waals surface area (Å²) in [5.74, 6) is -0.739. The topological polar surface area (TPSA) is 102 Å². The van der Waals surface area contributed by atoms with Gasteiger partial charge in [-0.1, -0.05) is 35.9 Å². The number of nitrogens with zero attached hydrogens (tertiary/aromatic N) is 2. The van der Waals surface area contributed by atoms with Gasteiger partial charge < -0.3 is 4.98 Å². The molecule has 0 saturated carbocycles. The van der Waals surface area contributed by atoms with Crippen molar-refractivity contribution < 1.29 is 9.85 Å². The number of rotatable bonds is 5. The van der Waals surface area contributed by atoms with E-state index in [2.05, 4.69) is 4.98 Å². The first-order valence-corrected chi connectivity index (χ1v) is 7.47. The molecule has 24 heavy (non-hydrogen) atoms. The van der Waals surface area contributed by atoms with Crippen LogP contribution in [-0.4, -0.2) is 21.4 Å². The van der Waals surface area contributed by atoms with Gasteiger partial charge in [-0.25, -0.2) is 0 Å². The molecule has 0 fully saturated rings. The Morgan fingerprint density at radius 3 is 2.54 bits per heavy atom. The van der Waals surface area contributed by atoms with E-state index in [9.17, 15) is 20.2 Å². The molecule has 2 aromatic carbocycles. The number of hydrogen-bond donors (Lipinski definition) is 1. The zero-order valence-corrected chi connectivity index (χ0v) is 13.1. The molecule has 0 saturated heterocycles. The van der Waals surface area contributed by atoms with Crippen LogP contribution in [0.25, 0.3) is 10.9 Å². The molecule has 1 heterocycles. The standard InChI is InChI=1S/C16H12ClN3O4/c17-10-5-6-11-13(8-18-15(11)7-10)14(9-19(21)22)12-3-1-2-4-16(12)20(23)24/h1-8,14,18H,9H2. The predicted molar refractivity (Wildman–Crippen MR) is 90.1 cm³/mol. The molecule has 0 spiro atoms. The number of benzene rings is 2. The van der Waals surface area contributed by atoms with Gasteiger partial charge in [0.25, 0.3) is 5.69 Å². The van der Waals surface area contributed by atoms with E-state index >= 15 is 0 Å². The van der Waals surface area contributed by atoms with E-state index in [-0.39, 0.29) is 5.69 Å². The second-order valence-corrected chi connectivity index (χ2v) is 5.75. The Bertz CT molecular complexity index is 938. The zero-order valence-electron chi connectivity index (χ0n) is 12.3. The van der Waals surface area contributed by atoms with E-state index in [1.165, 1.54) is 6.07 Å². The molecule has 0 aliphatic rings. The molecule has 3 aromatic rings. The summed E-state index contributed by atoms with van der Waals surface area (Å²) in [5, 5.41) is 23.7. The van der Waals surface area contributed by atoms with Gasteiger partial charge in [-0.2, -0.15) is 0 Å². The minimum atomic E-state index is -0.739. The molecule has 0 radical (unpaired) electrons. The summed E-state index contributed by atoms with van der Waals surface area (Å²) in [6.07, 6.45) is 1.64. The highest BCUT2D eigenvalue weighted by atomic mass is 35.5. The Labute approximate surface area is 141 Å². The molecule has 1 N–H and O–H groups in total. The fraction of sp³-hybridized carbons (Fsp3) is 0.125. The van der Waals surface area contributed by atoms with Crippen LogP contribution < -0.4 is 0 Å². The van der Waals surface area contributed by atoms with Gasteiger partial charge in [-0.15, -0.1) is 0 Å². The number of aromatic amines is 1. The molecule has 0 bridgehead atoms. The largest absolute Gasteiger partial charge is 0.361 e. The number of nitro benzene ring substituents is 1. The summed E-state index contributed by atoms with van der Waals surface area (Å²) in [6.45, 7) is -0.444. The number of hydrogen-bond acceptors (Lipinski definition) is 4. The van der Waals surface area contributed by atoms with Crippen LogP contribution in [0.4, 0.5) is 5.69 Å². The van der Waals surface area contributed by atoms with Crippen molar-refractivity contribution in [2.24, 2.45) is 0 Å². The minimum Gasteiger partial charge on any atom is -0.361 e. The SMILES string of the molecule is O=[N+]([O-])CC(c1ccccc1[N+](=O)[O-])c1c[nH]c2cc(Cl)ccc12. The van der Waals surface area contributed by atoms with E-state index < -0.39 is 22.3 Å². The Morgan fingerprint density at radius 2 is 1.83 bits per heavy atom. The molecule has 8 heteroatoms. The van der Waals surface area contributed by atoms with Crippen LogP contribution in [0.5, 0.6) is 0 Å². The lowest BCUT2D eigenvalue weighted by molar-refractivity contribution is -0.482. The number of para-hydroxylation sites is 1. The van der Waals surface area contributed by atoms with Crippen molar-refractivity contribution >= 4 is 28.2 Å². The summed E-state index contributed by atoms with van der Waals surface area (Å²) in [7, 11) is 0. The number of fused-ring (bicyclic) bond motifs is 1. The third-order valence-electron chi connectivity index (χ3n) is 3.89. The van der Waals surface area contributed by atoms with Crippen LogP contribution in [0.1, 0.15) is 17.0 Å². The molecular formula is C16H12ClN3O4. The van der Waals surface area contributed by atoms with E-state index in [1.807, 2.05) is 0 Å². The molecule has 1 atom stereocenters. The fourth-order valence-electron chi connectivity index (χ4n) is 2.87. The molecule has 3 rings (SSSR count). The Balaban J connectivity index is 2.20. The summed E-state index contributed by atoms with van der Waals surface area (Å²) >= 11 is 5.96. The summed E-state index contributed by atoms with van der Waals surface area (Å²) < 4.78 is 0. The number of H-pyrrole nitrogens is 1. The van der Waals surface area contributed by atoms with Crippen molar-refractivity contribution in [3.63, 3.8) is 0 Å². The van der Waals surface area contributed by atoms with Crippen LogP contribution in [0.2, 0.25) is 5.02 Å². The van der Waals surface area contributed by atoms with Crippen LogP contribution in [0.3, 0.4) is 0 Å². The van der Waals surface area contributed by atoms with Gasteiger partial charge in [-0.3, -0.25) is 20.2 Å². The molecule has 122 valence electrons. The smallest absolute Gasteiger partial charge is 0.273 e. The second kappa shape index (κ2) is 6.29. The van der Waals surface area contributed by atoms with Crippen LogP contribution >= 0.6 is 11.6 Å². The molecule has 1 unspecified atom stereocenters. The second-order valence-electron chi connectivity index (χ2n) is 5.32. The van der Waals surface area contributed by atoms with Gasteiger partial charge in [0.1, 0.15) is 0 Å². The maximum atomic E-state index is 11.3. The van der Waals surface area contributed by atoms with Gasteiger partial charge in [0, 0.05) is 38.7 Å². The number of nitrogens with one attached hydrogen (secondary N) is 1. The van der Waals surface area contributed by atoms with E-state index in [4.69, 9.17) is 11.6 Å². The van der Waals surface area contributed by atoms with Gasteiger partial charge in [-0.05, 0) is 17.7 Å². The van der Waals surface area contributed by atoms with Crippen LogP contribution in [0, 0.1) is 20.2 Å². The van der Waals surface area contributed by atoms with E-state index in [1.54, 1.807) is 42.6 Å². The number of halogens is 1. The van der Waals surface area contributed by atoms with Gasteiger partial charge in [0.2, 0.25) is 6.54 Å². The lowest BCUT2D eigenvalue weighted by atomic mass is 9.90. The first-order chi connectivity index (χ1) is 11.5. The lowest BCUT2D eigenvalue weighted by Gasteiger charge is -2.13. The van der Waals surface area contributed by atoms with Crippen LogP contribution in [-0.2, 0) is 0 Å². The van der Waals surface area contributed by atoms with Gasteiger partial charge >= 0.3 is 0 Å². The van der Waals surface area contributed by atoms with Crippen molar-refractivity contribution in [2.45, 2.75) is 5.92 Å². The molecule has 0 aliphatic carbocycles. The highest BCUT2D eigenvalue weighted by molar-refractivity contribution is 6.31. The zero-order chi connectivity index (χ0) is 17.3. The van der Waals surface area contributed by atoms with Crippen molar-refractivity contribution in [1.82, 2.24) is 4.98 Å². The molecule has 7 nitrogen and oxygen atoms in total. The average Bonchev–Trinajstić information content (AvgIpc) is 2.95. The Morgan fingerprint density at radius 1 is 1.08 bits per heavy atom. The Kier molecular flexibility index (Phi) is 4.18. The lowest BCUT2D eigenvalue weighted by Crippen LogP contribution is -2.15. The molecule has 1 aromatic heterocycles. The first-order valence-electron chi connectivity index (χ1n) is 7.09. The third-order valence-corrected chi connectivity index (χ3v) is 4.13. The maximum Gasteiger partial charge on any atom is 0.273 e. The first kappa shape index (κ1) is 15.9. The summed E-state index contributed by atoms with van der Waals surface area (Å²) in [5.41, 5.74) is 1.54. The number of aromatic nitrogens is 1. The summed E-state index contributed by atoms with van der Waals surface area (Å²) in [4.78, 5) is 24.5. The van der Waals surface area contributed by atoms with E-state index in [0.717, 1.165) is 10.9 Å². The van der Waals surface area contributed by atoms with Crippen molar-refractivity contribution in [1.29, 1.82) is 0 Å².